The first-order valence-corrected chi connectivity index (χ1v) is 12.6. The van der Waals surface area contributed by atoms with Crippen molar-refractivity contribution in [2.24, 2.45) is 0 Å². The van der Waals surface area contributed by atoms with Crippen LogP contribution in [0.15, 0.2) is 18.2 Å². The van der Waals surface area contributed by atoms with Crippen LogP contribution in [-0.4, -0.2) is 43.0 Å². The molecule has 1 atom stereocenters. The molecule has 8 nitrogen and oxygen atoms in total. The van der Waals surface area contributed by atoms with Crippen molar-refractivity contribution in [1.29, 1.82) is 0 Å². The van der Waals surface area contributed by atoms with Crippen LogP contribution in [0.5, 0.6) is 5.75 Å². The number of ether oxygens (including phenoxy) is 1. The molecule has 0 radical (unpaired) electrons. The fourth-order valence-corrected chi connectivity index (χ4v) is 4.15. The fourth-order valence-electron chi connectivity index (χ4n) is 3.90. The molecule has 1 N–H and O–H groups in total. The van der Waals surface area contributed by atoms with Gasteiger partial charge in [-0.05, 0) is 35.0 Å². The van der Waals surface area contributed by atoms with Gasteiger partial charge in [-0.3, -0.25) is 9.59 Å². The number of benzene rings is 1. The number of carbonyl (C=O) groups is 2. The highest BCUT2D eigenvalue weighted by Gasteiger charge is 2.35. The predicted octanol–water partition coefficient (Wildman–Crippen LogP) is 5.66. The van der Waals surface area contributed by atoms with E-state index in [0.29, 0.717) is 6.42 Å². The Labute approximate surface area is 214 Å². The van der Waals surface area contributed by atoms with Gasteiger partial charge in [0.1, 0.15) is 18.2 Å². The monoisotopic (exact) mass is 530 g/mol. The van der Waals surface area contributed by atoms with E-state index in [1.165, 1.54) is 38.5 Å². The first kappa shape index (κ1) is 29.6. The molecule has 0 bridgehead atoms. The molecule has 0 amide bonds. The third kappa shape index (κ3) is 9.44. The Bertz CT molecular complexity index is 985. The summed E-state index contributed by atoms with van der Waals surface area (Å²) in [5.74, 6) is -2.90. The number of hydrogen-bond acceptors (Lipinski definition) is 6. The second-order valence-corrected chi connectivity index (χ2v) is 9.08. The number of tetrazole rings is 1. The van der Waals surface area contributed by atoms with E-state index in [0.717, 1.165) is 42.1 Å². The molecule has 0 aliphatic carbocycles. The van der Waals surface area contributed by atoms with Crippen molar-refractivity contribution in [3.05, 3.63) is 35.2 Å². The van der Waals surface area contributed by atoms with Gasteiger partial charge >= 0.3 is 12.1 Å². The number of carboxylic acids is 1. The number of thiol groups is 1. The number of aliphatic carboxylic acids is 1. The molecule has 36 heavy (non-hydrogen) atoms. The van der Waals surface area contributed by atoms with E-state index in [9.17, 15) is 22.8 Å². The molecule has 0 aliphatic rings. The van der Waals surface area contributed by atoms with Crippen molar-refractivity contribution in [3.8, 4) is 5.75 Å². The Morgan fingerprint density at radius 3 is 2.22 bits per heavy atom. The van der Waals surface area contributed by atoms with Gasteiger partial charge in [-0.15, -0.1) is 17.7 Å². The van der Waals surface area contributed by atoms with Crippen molar-refractivity contribution in [1.82, 2.24) is 20.2 Å². The topological polar surface area (TPSA) is 107 Å². The second kappa shape index (κ2) is 14.8. The number of unbranched alkanes of at least 4 members (excludes halogenated alkanes) is 9. The largest absolute Gasteiger partial charge is 0.493 e. The highest BCUT2D eigenvalue weighted by atomic mass is 32.1. The molecule has 200 valence electrons. The minimum Gasteiger partial charge on any atom is -0.493 e. The zero-order valence-corrected chi connectivity index (χ0v) is 21.2. The number of carbonyl (C=O) groups excluding carboxylic acids is 1. The van der Waals surface area contributed by atoms with Crippen LogP contribution in [0.2, 0.25) is 0 Å². The van der Waals surface area contributed by atoms with Crippen LogP contribution in [0.3, 0.4) is 0 Å². The number of nitrogens with zero attached hydrogens (tertiary/aromatic N) is 4. The summed E-state index contributed by atoms with van der Waals surface area (Å²) in [6.07, 6.45) is 6.56. The third-order valence-corrected chi connectivity index (χ3v) is 6.01. The Morgan fingerprint density at radius 1 is 1.06 bits per heavy atom. The summed E-state index contributed by atoms with van der Waals surface area (Å²) in [4.78, 5) is 23.6. The number of carboxylic acid groups (broad SMARTS) is 1. The van der Waals surface area contributed by atoms with Gasteiger partial charge in [0.05, 0.1) is 12.2 Å². The average molecular weight is 531 g/mol. The van der Waals surface area contributed by atoms with Gasteiger partial charge in [0.2, 0.25) is 5.12 Å². The van der Waals surface area contributed by atoms with Crippen molar-refractivity contribution in [3.63, 3.8) is 0 Å². The minimum atomic E-state index is -4.67. The zero-order chi connectivity index (χ0) is 26.6. The predicted molar refractivity (Wildman–Crippen MR) is 130 cm³/mol. The zero-order valence-electron chi connectivity index (χ0n) is 20.3. The van der Waals surface area contributed by atoms with E-state index in [1.54, 1.807) is 0 Å². The molecule has 1 unspecified atom stereocenters. The third-order valence-electron chi connectivity index (χ3n) is 5.75. The molecule has 1 aromatic carbocycles. The Balaban J connectivity index is 2.10. The van der Waals surface area contributed by atoms with Gasteiger partial charge in [-0.25, -0.2) is 4.68 Å². The molecule has 0 saturated carbocycles. The first-order chi connectivity index (χ1) is 17.1. The maximum Gasteiger partial charge on any atom is 0.416 e. The SMILES string of the molecule is CCCCCCCCCCCCOc1ccc(C(F)(F)F)cc1C(C(=O)S)c1nnnn1CC(=O)O. The van der Waals surface area contributed by atoms with Crippen molar-refractivity contribution >= 4 is 23.7 Å². The minimum absolute atomic E-state index is 0.0659. The molecule has 0 aliphatic heterocycles. The number of rotatable bonds is 17. The van der Waals surface area contributed by atoms with E-state index >= 15 is 0 Å². The molecule has 1 heterocycles. The molecule has 0 fully saturated rings. The van der Waals surface area contributed by atoms with Crippen LogP contribution in [0, 0.1) is 0 Å². The van der Waals surface area contributed by atoms with E-state index in [4.69, 9.17) is 9.84 Å². The fraction of sp³-hybridized carbons (Fsp3) is 0.625. The molecular weight excluding hydrogens is 497 g/mol. The molecule has 1 aromatic heterocycles. The molecule has 2 aromatic rings. The van der Waals surface area contributed by atoms with Crippen LogP contribution in [0.1, 0.15) is 94.0 Å². The van der Waals surface area contributed by atoms with E-state index in [2.05, 4.69) is 35.1 Å². The summed E-state index contributed by atoms with van der Waals surface area (Å²) < 4.78 is 46.9. The number of aromatic nitrogens is 4. The molecule has 0 spiro atoms. The molecule has 0 saturated heterocycles. The van der Waals surface area contributed by atoms with Crippen LogP contribution in [0.4, 0.5) is 13.2 Å². The standard InChI is InChI=1S/C24H33F3N4O4S/c1-2-3-4-5-6-7-8-9-10-11-14-35-19-13-12-17(24(25,26)27)15-18(19)21(23(34)36)22-28-29-30-31(22)16-20(32)33/h12-13,15,21H,2-11,14,16H2,1H3,(H,32,33)(H,34,36). The molecule has 12 heteroatoms. The lowest BCUT2D eigenvalue weighted by atomic mass is 9.96. The van der Waals surface area contributed by atoms with Gasteiger partial charge in [0.15, 0.2) is 5.82 Å². The first-order valence-electron chi connectivity index (χ1n) is 12.2. The highest BCUT2D eigenvalue weighted by Crippen LogP contribution is 2.38. The maximum atomic E-state index is 13.4. The van der Waals surface area contributed by atoms with Crippen molar-refractivity contribution in [2.45, 2.75) is 89.8 Å². The normalized spacial score (nSPS) is 12.5. The lowest BCUT2D eigenvalue weighted by Crippen LogP contribution is -2.21. The van der Waals surface area contributed by atoms with E-state index in [1.807, 2.05) is 0 Å². The maximum absolute atomic E-state index is 13.4. The summed E-state index contributed by atoms with van der Waals surface area (Å²) in [6.45, 7) is 1.77. The van der Waals surface area contributed by atoms with Gasteiger partial charge in [0.25, 0.3) is 0 Å². The van der Waals surface area contributed by atoms with E-state index in [-0.39, 0.29) is 23.7 Å². The summed E-state index contributed by atoms with van der Waals surface area (Å²) in [5, 5.41) is 18.9. The van der Waals surface area contributed by atoms with Crippen LogP contribution < -0.4 is 4.74 Å². The van der Waals surface area contributed by atoms with Crippen LogP contribution in [-0.2, 0) is 22.3 Å². The van der Waals surface area contributed by atoms with Gasteiger partial charge in [0, 0.05) is 5.56 Å². The molecular formula is C24H33F3N4O4S. The van der Waals surface area contributed by atoms with Gasteiger partial charge < -0.3 is 9.84 Å². The van der Waals surface area contributed by atoms with Gasteiger partial charge in [-0.1, -0.05) is 64.7 Å². The van der Waals surface area contributed by atoms with E-state index < -0.39 is 35.3 Å². The smallest absolute Gasteiger partial charge is 0.416 e. The summed E-state index contributed by atoms with van der Waals surface area (Å²) in [6, 6.07) is 2.83. The number of halogens is 3. The van der Waals surface area contributed by atoms with Crippen molar-refractivity contribution in [2.75, 3.05) is 6.61 Å². The quantitative estimate of drug-likeness (QED) is 0.201. The summed E-state index contributed by atoms with van der Waals surface area (Å²) in [7, 11) is 0. The second-order valence-electron chi connectivity index (χ2n) is 8.64. The van der Waals surface area contributed by atoms with Crippen molar-refractivity contribution < 1.29 is 32.6 Å². The average Bonchev–Trinajstić information content (AvgIpc) is 3.24. The highest BCUT2D eigenvalue weighted by molar-refractivity contribution is 7.96. The molecule has 2 rings (SSSR count). The Morgan fingerprint density at radius 2 is 1.67 bits per heavy atom. The summed E-state index contributed by atoms with van der Waals surface area (Å²) in [5.41, 5.74) is -1.11. The number of hydrogen-bond donors (Lipinski definition) is 2. The van der Waals surface area contributed by atoms with Gasteiger partial charge in [-0.2, -0.15) is 13.2 Å². The number of alkyl halides is 3. The Hall–Kier alpha value is -2.63. The lowest BCUT2D eigenvalue weighted by Gasteiger charge is -2.19. The lowest BCUT2D eigenvalue weighted by molar-refractivity contribution is -0.138. The summed E-state index contributed by atoms with van der Waals surface area (Å²) >= 11 is 3.83. The Kier molecular flexibility index (Phi) is 12.2. The van der Waals surface area contributed by atoms with Crippen LogP contribution >= 0.6 is 12.6 Å². The van der Waals surface area contributed by atoms with Crippen LogP contribution in [0.25, 0.3) is 0 Å².